The minimum atomic E-state index is -1.03. The Morgan fingerprint density at radius 3 is 2.24 bits per heavy atom. The number of fused-ring (bicyclic) bond motifs is 2. The van der Waals surface area contributed by atoms with E-state index in [4.69, 9.17) is 4.74 Å². The average molecular weight is 701 g/mol. The van der Waals surface area contributed by atoms with Crippen molar-refractivity contribution in [2.24, 2.45) is 7.05 Å². The minimum Gasteiger partial charge on any atom is -0.435 e. The number of imidazole rings is 1. The molecule has 0 bridgehead atoms. The van der Waals surface area contributed by atoms with Crippen LogP contribution in [0.5, 0.6) is 0 Å². The van der Waals surface area contributed by atoms with Gasteiger partial charge in [0.05, 0.1) is 11.0 Å². The molecule has 4 aliphatic rings. The fourth-order valence-electron chi connectivity index (χ4n) is 8.43. The second-order valence-corrected chi connectivity index (χ2v) is 15.0. The zero-order valence-electron chi connectivity index (χ0n) is 30.4. The van der Waals surface area contributed by atoms with Gasteiger partial charge in [-0.05, 0) is 74.9 Å². The van der Waals surface area contributed by atoms with Crippen LogP contribution in [0.15, 0.2) is 41.2 Å². The molecule has 3 saturated heterocycles. The van der Waals surface area contributed by atoms with Gasteiger partial charge in [0.2, 0.25) is 0 Å². The number of aromatic nitrogens is 2. The first kappa shape index (κ1) is 35.1. The van der Waals surface area contributed by atoms with E-state index in [2.05, 4.69) is 27.1 Å². The Morgan fingerprint density at radius 2 is 1.51 bits per heavy atom. The fraction of sp³-hybridized carbons (Fsp3) is 0.579. The molecule has 274 valence electrons. The largest absolute Gasteiger partial charge is 0.435 e. The number of amides is 4. The van der Waals surface area contributed by atoms with Crippen LogP contribution in [-0.4, -0.2) is 136 Å². The fourth-order valence-corrected chi connectivity index (χ4v) is 8.43. The van der Waals surface area contributed by atoms with Crippen molar-refractivity contribution in [2.45, 2.75) is 70.1 Å². The number of benzene rings is 2. The van der Waals surface area contributed by atoms with Crippen LogP contribution in [0.3, 0.4) is 0 Å². The van der Waals surface area contributed by atoms with Gasteiger partial charge in [-0.1, -0.05) is 31.2 Å². The Labute approximate surface area is 299 Å². The Morgan fingerprint density at radius 1 is 0.843 bits per heavy atom. The summed E-state index contributed by atoms with van der Waals surface area (Å²) in [4.78, 5) is 67.2. The molecule has 2 unspecified atom stereocenters. The molecule has 13 nitrogen and oxygen atoms in total. The number of aryl methyl sites for hydroxylation is 2. The standard InChI is InChI=1S/C38H52N8O5/c1-25-23-28(24-32-33(25)40-36(48)42(32)4)26(2)34(35(47)44-14-10-29(11-15-44)43-21-19-41(3)20-22-43)51-38(50)45-16-12-30(13-17-45)46-18-9-27-7-5-6-8-31(27)39-37(46)49/h5-8,23-24,26,29-30,34H,9-22H2,1-4H3,(H,39,49)(H,40,48). The third kappa shape index (κ3) is 7.23. The van der Waals surface area contributed by atoms with E-state index in [0.29, 0.717) is 51.6 Å². The number of piperidine rings is 2. The number of nitrogens with one attached hydrogen (secondary N) is 2. The van der Waals surface area contributed by atoms with Crippen LogP contribution in [0.25, 0.3) is 11.0 Å². The van der Waals surface area contributed by atoms with Gasteiger partial charge in [0.1, 0.15) is 0 Å². The number of aromatic amines is 1. The summed E-state index contributed by atoms with van der Waals surface area (Å²) in [5.41, 5.74) is 5.00. The normalized spacial score (nSPS) is 21.3. The summed E-state index contributed by atoms with van der Waals surface area (Å²) >= 11 is 0. The van der Waals surface area contributed by atoms with Crippen LogP contribution in [0, 0.1) is 6.92 Å². The van der Waals surface area contributed by atoms with Gasteiger partial charge < -0.3 is 34.6 Å². The predicted octanol–water partition coefficient (Wildman–Crippen LogP) is 3.58. The number of H-pyrrole nitrogens is 1. The number of urea groups is 1. The number of piperazine rings is 1. The molecule has 1 aromatic heterocycles. The quantitative estimate of drug-likeness (QED) is 0.403. The highest BCUT2D eigenvalue weighted by Gasteiger charge is 2.39. The molecule has 2 N–H and O–H groups in total. The van der Waals surface area contributed by atoms with Crippen molar-refractivity contribution >= 4 is 34.8 Å². The molecular weight excluding hydrogens is 648 g/mol. The number of carbonyl (C=O) groups is 3. The molecule has 0 aliphatic carbocycles. The zero-order valence-corrected chi connectivity index (χ0v) is 30.4. The van der Waals surface area contributed by atoms with Gasteiger partial charge in [0.25, 0.3) is 5.91 Å². The van der Waals surface area contributed by atoms with E-state index < -0.39 is 18.1 Å². The molecular formula is C38H52N8O5. The molecule has 13 heteroatoms. The van der Waals surface area contributed by atoms with Gasteiger partial charge in [0.15, 0.2) is 6.10 Å². The lowest BCUT2D eigenvalue weighted by Gasteiger charge is -2.43. The lowest BCUT2D eigenvalue weighted by atomic mass is 9.91. The first-order valence-corrected chi connectivity index (χ1v) is 18.6. The number of para-hydroxylation sites is 1. The number of rotatable bonds is 6. The average Bonchev–Trinajstić information content (AvgIpc) is 3.32. The zero-order chi connectivity index (χ0) is 35.8. The highest BCUT2D eigenvalue weighted by Crippen LogP contribution is 2.31. The molecule has 0 saturated carbocycles. The molecule has 7 rings (SSSR count). The second-order valence-electron chi connectivity index (χ2n) is 15.0. The molecule has 0 radical (unpaired) electrons. The van der Waals surface area contributed by atoms with Crippen LogP contribution in [0.1, 0.15) is 55.2 Å². The van der Waals surface area contributed by atoms with Gasteiger partial charge >= 0.3 is 17.8 Å². The number of likely N-dealkylation sites (N-methyl/N-ethyl adjacent to an activating group) is 1. The molecule has 2 atom stereocenters. The Bertz CT molecular complexity index is 1810. The van der Waals surface area contributed by atoms with Crippen molar-refractivity contribution in [3.8, 4) is 0 Å². The van der Waals surface area contributed by atoms with Crippen molar-refractivity contribution in [3.63, 3.8) is 0 Å². The van der Waals surface area contributed by atoms with Crippen molar-refractivity contribution in [1.29, 1.82) is 0 Å². The first-order chi connectivity index (χ1) is 24.6. The van der Waals surface area contributed by atoms with Crippen LogP contribution in [0.2, 0.25) is 0 Å². The summed E-state index contributed by atoms with van der Waals surface area (Å²) in [7, 11) is 3.88. The lowest BCUT2D eigenvalue weighted by Crippen LogP contribution is -2.55. The molecule has 51 heavy (non-hydrogen) atoms. The summed E-state index contributed by atoms with van der Waals surface area (Å²) in [6.07, 6.45) is 2.28. The van der Waals surface area contributed by atoms with Crippen LogP contribution >= 0.6 is 0 Å². The lowest BCUT2D eigenvalue weighted by molar-refractivity contribution is -0.143. The van der Waals surface area contributed by atoms with Crippen LogP contribution in [-0.2, 0) is 23.0 Å². The van der Waals surface area contributed by atoms with Gasteiger partial charge in [-0.15, -0.1) is 0 Å². The third-order valence-electron chi connectivity index (χ3n) is 11.8. The number of hydrogen-bond acceptors (Lipinski definition) is 7. The number of anilines is 1. The summed E-state index contributed by atoms with van der Waals surface area (Å²) in [6.45, 7) is 10.8. The van der Waals surface area contributed by atoms with E-state index in [-0.39, 0.29) is 23.7 Å². The number of nitrogens with zero attached hydrogens (tertiary/aromatic N) is 6. The van der Waals surface area contributed by atoms with Gasteiger partial charge in [-0.2, -0.15) is 0 Å². The van der Waals surface area contributed by atoms with E-state index >= 15 is 0 Å². The molecule has 2 aromatic carbocycles. The Balaban J connectivity index is 1.05. The third-order valence-corrected chi connectivity index (χ3v) is 11.8. The topological polar surface area (TPSA) is 126 Å². The van der Waals surface area contributed by atoms with E-state index in [9.17, 15) is 19.2 Å². The van der Waals surface area contributed by atoms with E-state index in [1.807, 2.05) is 60.0 Å². The van der Waals surface area contributed by atoms with Crippen molar-refractivity contribution in [1.82, 2.24) is 34.1 Å². The first-order valence-electron chi connectivity index (χ1n) is 18.6. The molecule has 0 spiro atoms. The van der Waals surface area contributed by atoms with E-state index in [1.54, 1.807) is 16.5 Å². The van der Waals surface area contributed by atoms with Crippen molar-refractivity contribution in [2.75, 3.05) is 71.3 Å². The second kappa shape index (κ2) is 14.7. The van der Waals surface area contributed by atoms with Crippen LogP contribution in [0.4, 0.5) is 15.3 Å². The number of likely N-dealkylation sites (tertiary alicyclic amines) is 2. The maximum atomic E-state index is 14.4. The maximum absolute atomic E-state index is 14.4. The molecule has 4 amide bonds. The summed E-state index contributed by atoms with van der Waals surface area (Å²) in [6, 6.07) is 12.1. The highest BCUT2D eigenvalue weighted by atomic mass is 16.6. The summed E-state index contributed by atoms with van der Waals surface area (Å²) in [5, 5.41) is 3.06. The molecule has 5 heterocycles. The van der Waals surface area contributed by atoms with Gasteiger partial charge in [-0.3, -0.25) is 14.3 Å². The summed E-state index contributed by atoms with van der Waals surface area (Å²) < 4.78 is 7.81. The van der Waals surface area contributed by atoms with E-state index in [0.717, 1.165) is 78.9 Å². The minimum absolute atomic E-state index is 0.00372. The number of carbonyl (C=O) groups excluding carboxylic acids is 3. The number of hydrogen-bond donors (Lipinski definition) is 2. The van der Waals surface area contributed by atoms with E-state index in [1.165, 1.54) is 0 Å². The monoisotopic (exact) mass is 700 g/mol. The molecule has 3 aromatic rings. The van der Waals surface area contributed by atoms with Crippen molar-refractivity contribution in [3.05, 3.63) is 63.6 Å². The van der Waals surface area contributed by atoms with Crippen molar-refractivity contribution < 1.29 is 19.1 Å². The van der Waals surface area contributed by atoms with Crippen LogP contribution < -0.4 is 11.0 Å². The maximum Gasteiger partial charge on any atom is 0.410 e. The molecule has 4 aliphatic heterocycles. The SMILES string of the molecule is Cc1cc(C(C)C(OC(=O)N2CCC(N3CCc4ccccc4NC3=O)CC2)C(=O)N2CCC(N3CCN(C)CC3)CC2)cc2c1[nH]c(=O)n2C. The van der Waals surface area contributed by atoms with Gasteiger partial charge in [-0.25, -0.2) is 14.4 Å². The summed E-state index contributed by atoms with van der Waals surface area (Å²) in [5.74, 6) is -0.631. The smallest absolute Gasteiger partial charge is 0.410 e. The number of ether oxygens (including phenoxy) is 1. The Kier molecular flexibility index (Phi) is 10.1. The van der Waals surface area contributed by atoms with Gasteiger partial charge in [0, 0.05) is 89.6 Å². The Hall–Kier alpha value is -4.36. The predicted molar refractivity (Wildman–Crippen MR) is 196 cm³/mol. The highest BCUT2D eigenvalue weighted by molar-refractivity contribution is 5.91. The molecule has 3 fully saturated rings.